The average molecular weight is 394 g/mol. The second-order valence-electron chi connectivity index (χ2n) is 7.41. The molecule has 0 heterocycles. The van der Waals surface area contributed by atoms with E-state index >= 15 is 0 Å². The van der Waals surface area contributed by atoms with Gasteiger partial charge in [-0.2, -0.15) is 0 Å². The molecule has 1 rings (SSSR count). The van der Waals surface area contributed by atoms with Crippen LogP contribution in [0.15, 0.2) is 18.2 Å². The molecule has 1 amide bonds. The molecule has 1 aromatic rings. The van der Waals surface area contributed by atoms with Crippen molar-refractivity contribution in [2.24, 2.45) is 5.92 Å². The van der Waals surface area contributed by atoms with Crippen LogP contribution >= 0.6 is 0 Å². The minimum Gasteiger partial charge on any atom is -0.493 e. The minimum absolute atomic E-state index is 0.230. The van der Waals surface area contributed by atoms with Crippen LogP contribution < -0.4 is 10.1 Å². The van der Waals surface area contributed by atoms with Crippen LogP contribution in [-0.2, 0) is 14.3 Å². The van der Waals surface area contributed by atoms with Crippen LogP contribution in [0.25, 0.3) is 0 Å². The topological polar surface area (TPSA) is 73.9 Å². The largest absolute Gasteiger partial charge is 0.493 e. The molecular formula is C22H35NO5. The second kappa shape index (κ2) is 11.7. The Hall–Kier alpha value is -2.08. The van der Waals surface area contributed by atoms with E-state index in [4.69, 9.17) is 14.2 Å². The molecule has 0 aliphatic carbocycles. The molecule has 0 saturated carbocycles. The van der Waals surface area contributed by atoms with Crippen molar-refractivity contribution in [3.8, 4) is 5.75 Å². The van der Waals surface area contributed by atoms with Gasteiger partial charge >= 0.3 is 5.97 Å². The second-order valence-corrected chi connectivity index (χ2v) is 7.41. The number of anilines is 1. The highest BCUT2D eigenvalue weighted by atomic mass is 16.5. The Balaban J connectivity index is 3.09. The van der Waals surface area contributed by atoms with Crippen LogP contribution in [-0.4, -0.2) is 37.3 Å². The smallest absolute Gasteiger partial charge is 0.341 e. The van der Waals surface area contributed by atoms with Gasteiger partial charge in [0, 0.05) is 12.3 Å². The zero-order valence-electron chi connectivity index (χ0n) is 18.1. The van der Waals surface area contributed by atoms with Crippen molar-refractivity contribution in [3.05, 3.63) is 23.8 Å². The van der Waals surface area contributed by atoms with Crippen molar-refractivity contribution in [1.29, 1.82) is 0 Å². The maximum Gasteiger partial charge on any atom is 0.341 e. The third-order valence-electron chi connectivity index (χ3n) is 4.10. The summed E-state index contributed by atoms with van der Waals surface area (Å²) < 4.78 is 16.7. The molecule has 0 saturated heterocycles. The van der Waals surface area contributed by atoms with Crippen LogP contribution in [0.2, 0.25) is 0 Å². The number of hydrogen-bond donors (Lipinski definition) is 1. The number of carbonyl (C=O) groups excluding carboxylic acids is 2. The molecule has 0 radical (unpaired) electrons. The van der Waals surface area contributed by atoms with Gasteiger partial charge in [-0.15, -0.1) is 0 Å². The molecule has 6 nitrogen and oxygen atoms in total. The van der Waals surface area contributed by atoms with Gasteiger partial charge < -0.3 is 19.5 Å². The first-order valence-corrected chi connectivity index (χ1v) is 10.2. The van der Waals surface area contributed by atoms with Gasteiger partial charge in [0.15, 0.2) is 0 Å². The van der Waals surface area contributed by atoms with E-state index in [-0.39, 0.29) is 12.5 Å². The van der Waals surface area contributed by atoms with Crippen molar-refractivity contribution in [3.63, 3.8) is 0 Å². The molecule has 1 N–H and O–H groups in total. The first kappa shape index (κ1) is 24.0. The number of hydrogen-bond acceptors (Lipinski definition) is 5. The third-order valence-corrected chi connectivity index (χ3v) is 4.10. The Morgan fingerprint density at radius 2 is 1.79 bits per heavy atom. The van der Waals surface area contributed by atoms with Crippen LogP contribution in [0.5, 0.6) is 5.75 Å². The fraction of sp³-hybridized carbons (Fsp3) is 0.636. The number of rotatable bonds is 12. The zero-order valence-corrected chi connectivity index (χ0v) is 18.1. The Labute approximate surface area is 168 Å². The molecule has 28 heavy (non-hydrogen) atoms. The highest BCUT2D eigenvalue weighted by Crippen LogP contribution is 2.27. The summed E-state index contributed by atoms with van der Waals surface area (Å²) in [6.07, 6.45) is 2.25. The lowest BCUT2D eigenvalue weighted by atomic mass is 9.93. The fourth-order valence-corrected chi connectivity index (χ4v) is 2.90. The predicted octanol–water partition coefficient (Wildman–Crippen LogP) is 4.82. The van der Waals surface area contributed by atoms with E-state index in [9.17, 15) is 9.59 Å². The number of esters is 1. The monoisotopic (exact) mass is 393 g/mol. The summed E-state index contributed by atoms with van der Waals surface area (Å²) in [5, 5.41) is 2.89. The molecule has 0 aromatic heterocycles. The maximum atomic E-state index is 13.0. The Morgan fingerprint density at radius 1 is 1.11 bits per heavy atom. The van der Waals surface area contributed by atoms with Gasteiger partial charge in [-0.05, 0) is 57.2 Å². The Bertz CT molecular complexity index is 644. The summed E-state index contributed by atoms with van der Waals surface area (Å²) in [5.74, 6) is 0.0431. The van der Waals surface area contributed by atoms with E-state index in [0.29, 0.717) is 42.6 Å². The summed E-state index contributed by atoms with van der Waals surface area (Å²) in [4.78, 5) is 25.3. The van der Waals surface area contributed by atoms with Crippen molar-refractivity contribution < 1.29 is 23.8 Å². The number of ether oxygens (including phenoxy) is 3. The summed E-state index contributed by atoms with van der Waals surface area (Å²) in [5.41, 5.74) is -0.133. The zero-order chi connectivity index (χ0) is 21.2. The van der Waals surface area contributed by atoms with Crippen LogP contribution in [0.4, 0.5) is 5.69 Å². The first-order valence-electron chi connectivity index (χ1n) is 10.2. The fourth-order valence-electron chi connectivity index (χ4n) is 2.90. The third kappa shape index (κ3) is 7.15. The van der Waals surface area contributed by atoms with Crippen LogP contribution in [0, 0.1) is 5.92 Å². The van der Waals surface area contributed by atoms with E-state index in [0.717, 1.165) is 12.8 Å². The molecule has 6 heteroatoms. The lowest BCUT2D eigenvalue weighted by Gasteiger charge is -2.30. The molecule has 0 bridgehead atoms. The molecule has 0 aliphatic rings. The number of nitrogens with one attached hydrogen (secondary N) is 1. The number of carbonyl (C=O) groups is 2. The van der Waals surface area contributed by atoms with Gasteiger partial charge in [0.2, 0.25) is 0 Å². The van der Waals surface area contributed by atoms with Crippen LogP contribution in [0.3, 0.4) is 0 Å². The maximum absolute atomic E-state index is 13.0. The molecule has 158 valence electrons. The molecule has 0 spiro atoms. The quantitative estimate of drug-likeness (QED) is 0.515. The standard InChI is InChI=1S/C22H35NO5/c1-7-12-27-19-11-10-17(14-18(19)20(24)26-9-3)23-21(25)22(6,15-16(4)5)28-13-8-2/h10-11,14,16H,7-9,12-13,15H2,1-6H3,(H,23,25)/t22-/m0/s1. The van der Waals surface area contributed by atoms with Gasteiger partial charge in [0.25, 0.3) is 5.91 Å². The average Bonchev–Trinajstić information content (AvgIpc) is 2.64. The van der Waals surface area contributed by atoms with Crippen molar-refractivity contribution in [1.82, 2.24) is 0 Å². The number of amides is 1. The predicted molar refractivity (Wildman–Crippen MR) is 111 cm³/mol. The van der Waals surface area contributed by atoms with E-state index in [1.165, 1.54) is 0 Å². The molecular weight excluding hydrogens is 358 g/mol. The van der Waals surface area contributed by atoms with E-state index < -0.39 is 11.6 Å². The van der Waals surface area contributed by atoms with Crippen LogP contribution in [0.1, 0.15) is 71.2 Å². The van der Waals surface area contributed by atoms with Crippen molar-refractivity contribution >= 4 is 17.6 Å². The summed E-state index contributed by atoms with van der Waals surface area (Å²) in [6, 6.07) is 5.00. The molecule has 1 atom stereocenters. The highest BCUT2D eigenvalue weighted by molar-refractivity contribution is 5.99. The van der Waals surface area contributed by atoms with E-state index in [1.807, 2.05) is 20.8 Å². The van der Waals surface area contributed by atoms with Gasteiger partial charge in [-0.25, -0.2) is 4.79 Å². The first-order chi connectivity index (χ1) is 13.3. The number of benzene rings is 1. The van der Waals surface area contributed by atoms with Gasteiger partial charge in [0.05, 0.1) is 13.2 Å². The summed E-state index contributed by atoms with van der Waals surface area (Å²) >= 11 is 0. The SMILES string of the molecule is CCCOc1ccc(NC(=O)[C@](C)(CC(C)C)OCCC)cc1C(=O)OCC. The van der Waals surface area contributed by atoms with Gasteiger partial charge in [-0.1, -0.05) is 27.7 Å². The molecule has 1 aromatic carbocycles. The highest BCUT2D eigenvalue weighted by Gasteiger charge is 2.35. The molecule has 0 aliphatic heterocycles. The molecule has 0 fully saturated rings. The molecule has 0 unspecified atom stereocenters. The lowest BCUT2D eigenvalue weighted by Crippen LogP contribution is -2.44. The summed E-state index contributed by atoms with van der Waals surface area (Å²) in [7, 11) is 0. The van der Waals surface area contributed by atoms with E-state index in [1.54, 1.807) is 25.1 Å². The Morgan fingerprint density at radius 3 is 2.36 bits per heavy atom. The van der Waals surface area contributed by atoms with Crippen molar-refractivity contribution in [2.45, 2.75) is 66.4 Å². The van der Waals surface area contributed by atoms with Crippen molar-refractivity contribution in [2.75, 3.05) is 25.1 Å². The van der Waals surface area contributed by atoms with Gasteiger partial charge in [-0.3, -0.25) is 4.79 Å². The van der Waals surface area contributed by atoms with Gasteiger partial charge in [0.1, 0.15) is 16.9 Å². The Kier molecular flexibility index (Phi) is 10.0. The van der Waals surface area contributed by atoms with E-state index in [2.05, 4.69) is 19.2 Å². The normalized spacial score (nSPS) is 13.1. The lowest BCUT2D eigenvalue weighted by molar-refractivity contribution is -0.141. The minimum atomic E-state index is -0.939. The summed E-state index contributed by atoms with van der Waals surface area (Å²) in [6.45, 7) is 12.9.